The zero-order valence-electron chi connectivity index (χ0n) is 18.1. The van der Waals surface area contributed by atoms with Crippen molar-refractivity contribution in [2.24, 2.45) is 0 Å². The Morgan fingerprint density at radius 3 is 2.35 bits per heavy atom. The molecule has 0 aromatic heterocycles. The van der Waals surface area contributed by atoms with Crippen molar-refractivity contribution in [2.75, 3.05) is 11.5 Å². The predicted molar refractivity (Wildman–Crippen MR) is 120 cm³/mol. The molecular formula is C26H20F3NO4. The van der Waals surface area contributed by atoms with Crippen LogP contribution in [0.5, 0.6) is 5.75 Å². The molecule has 1 fully saturated rings. The number of rotatable bonds is 6. The van der Waals surface area contributed by atoms with Crippen LogP contribution >= 0.6 is 0 Å². The summed E-state index contributed by atoms with van der Waals surface area (Å²) in [5.41, 5.74) is -0.201. The zero-order valence-corrected chi connectivity index (χ0v) is 18.1. The number of Topliss-reactive ketones (excluding diaryl/α,β-unsaturated/α-hetero) is 1. The number of amides is 1. The second-order valence-electron chi connectivity index (χ2n) is 7.69. The Hall–Kier alpha value is -4.07. The minimum absolute atomic E-state index is 0.207. The molecule has 3 aromatic rings. The molecule has 1 atom stereocenters. The van der Waals surface area contributed by atoms with Gasteiger partial charge in [0.25, 0.3) is 11.7 Å². The van der Waals surface area contributed by atoms with Crippen molar-refractivity contribution in [1.29, 1.82) is 0 Å². The minimum Gasteiger partial charge on any atom is -0.507 e. The smallest absolute Gasteiger partial charge is 0.300 e. The topological polar surface area (TPSA) is 66.8 Å². The van der Waals surface area contributed by atoms with E-state index in [0.717, 1.165) is 35.6 Å². The van der Waals surface area contributed by atoms with Gasteiger partial charge in [-0.25, -0.2) is 13.2 Å². The maximum absolute atomic E-state index is 14.7. The van der Waals surface area contributed by atoms with Gasteiger partial charge in [0.1, 0.15) is 29.0 Å². The molecule has 8 heteroatoms. The lowest BCUT2D eigenvalue weighted by Gasteiger charge is -2.25. The summed E-state index contributed by atoms with van der Waals surface area (Å²) < 4.78 is 47.4. The Kier molecular flexibility index (Phi) is 6.40. The molecule has 0 saturated carbocycles. The highest BCUT2D eigenvalue weighted by atomic mass is 19.1. The second-order valence-corrected chi connectivity index (χ2v) is 7.69. The second kappa shape index (κ2) is 9.43. The highest BCUT2D eigenvalue weighted by Crippen LogP contribution is 2.43. The average Bonchev–Trinajstić information content (AvgIpc) is 3.08. The molecule has 1 aliphatic rings. The van der Waals surface area contributed by atoms with Crippen LogP contribution in [0.1, 0.15) is 30.5 Å². The van der Waals surface area contributed by atoms with Crippen molar-refractivity contribution in [2.45, 2.75) is 19.4 Å². The van der Waals surface area contributed by atoms with Gasteiger partial charge in [-0.15, -0.1) is 0 Å². The fourth-order valence-electron chi connectivity index (χ4n) is 3.83. The molecule has 174 valence electrons. The highest BCUT2D eigenvalue weighted by Gasteiger charge is 2.47. The number of carbonyl (C=O) groups is 2. The molecule has 0 spiro atoms. The van der Waals surface area contributed by atoms with Gasteiger partial charge >= 0.3 is 0 Å². The van der Waals surface area contributed by atoms with Crippen LogP contribution in [0, 0.1) is 17.5 Å². The van der Waals surface area contributed by atoms with Crippen LogP contribution in [0.4, 0.5) is 18.9 Å². The fraction of sp³-hybridized carbons (Fsp3) is 0.154. The summed E-state index contributed by atoms with van der Waals surface area (Å²) in [6.07, 6.45) is 0.759. The van der Waals surface area contributed by atoms with E-state index >= 15 is 0 Å². The van der Waals surface area contributed by atoms with E-state index in [4.69, 9.17) is 4.74 Å². The van der Waals surface area contributed by atoms with Crippen molar-refractivity contribution < 1.29 is 32.6 Å². The number of aliphatic hydroxyl groups excluding tert-OH is 1. The summed E-state index contributed by atoms with van der Waals surface area (Å²) in [6, 6.07) is 12.5. The molecule has 1 heterocycles. The molecule has 1 unspecified atom stereocenters. The van der Waals surface area contributed by atoms with Gasteiger partial charge in [-0.05, 0) is 48.4 Å². The summed E-state index contributed by atoms with van der Waals surface area (Å²) in [5, 5.41) is 11.1. The maximum Gasteiger partial charge on any atom is 0.300 e. The number of hydrogen-bond acceptors (Lipinski definition) is 4. The van der Waals surface area contributed by atoms with E-state index < -0.39 is 40.9 Å². The van der Waals surface area contributed by atoms with Gasteiger partial charge in [0.15, 0.2) is 0 Å². The van der Waals surface area contributed by atoms with E-state index in [2.05, 4.69) is 0 Å². The normalized spacial score (nSPS) is 17.3. The Balaban J connectivity index is 1.91. The van der Waals surface area contributed by atoms with Crippen molar-refractivity contribution in [1.82, 2.24) is 0 Å². The van der Waals surface area contributed by atoms with Crippen LogP contribution in [-0.2, 0) is 9.59 Å². The number of aliphatic hydroxyl groups is 1. The number of ether oxygens (including phenoxy) is 1. The van der Waals surface area contributed by atoms with E-state index in [1.54, 1.807) is 12.1 Å². The van der Waals surface area contributed by atoms with Crippen LogP contribution in [0.3, 0.4) is 0 Å². The third-order valence-electron chi connectivity index (χ3n) is 5.38. The third kappa shape index (κ3) is 4.26. The van der Waals surface area contributed by atoms with E-state index in [0.29, 0.717) is 18.4 Å². The maximum atomic E-state index is 14.7. The third-order valence-corrected chi connectivity index (χ3v) is 5.38. The largest absolute Gasteiger partial charge is 0.507 e. The quantitative estimate of drug-likeness (QED) is 0.295. The van der Waals surface area contributed by atoms with Gasteiger partial charge in [0, 0.05) is 11.6 Å². The summed E-state index contributed by atoms with van der Waals surface area (Å²) in [5.74, 6) is -4.71. The molecule has 34 heavy (non-hydrogen) atoms. The Bertz CT molecular complexity index is 1290. The first-order chi connectivity index (χ1) is 16.3. The van der Waals surface area contributed by atoms with Gasteiger partial charge in [0.05, 0.1) is 23.9 Å². The van der Waals surface area contributed by atoms with Crippen molar-refractivity contribution >= 4 is 23.1 Å². The molecule has 1 N–H and O–H groups in total. The summed E-state index contributed by atoms with van der Waals surface area (Å²) in [6.45, 7) is 2.37. The first-order valence-electron chi connectivity index (χ1n) is 10.6. The number of halogens is 3. The van der Waals surface area contributed by atoms with E-state index in [9.17, 15) is 27.9 Å². The molecule has 1 aliphatic heterocycles. The predicted octanol–water partition coefficient (Wildman–Crippen LogP) is 5.52. The first-order valence-corrected chi connectivity index (χ1v) is 10.6. The number of ketones is 1. The van der Waals surface area contributed by atoms with Crippen molar-refractivity contribution in [3.63, 3.8) is 0 Å². The highest BCUT2D eigenvalue weighted by molar-refractivity contribution is 6.51. The molecule has 1 amide bonds. The molecule has 5 nitrogen and oxygen atoms in total. The van der Waals surface area contributed by atoms with Crippen molar-refractivity contribution in [3.05, 3.63) is 101 Å². The first kappa shape index (κ1) is 23.1. The standard InChI is InChI=1S/C26H20F3NO4/c1-2-12-34-19-5-3-4-16(13-19)24(31)22-23(15-6-8-17(27)9-7-15)30(26(33)25(22)32)21-11-10-18(28)14-20(21)29/h3-11,13-14,23,31H,2,12H2,1H3/b24-22+. The summed E-state index contributed by atoms with van der Waals surface area (Å²) >= 11 is 0. The van der Waals surface area contributed by atoms with Gasteiger partial charge in [0.2, 0.25) is 0 Å². The molecule has 0 bridgehead atoms. The summed E-state index contributed by atoms with van der Waals surface area (Å²) in [4.78, 5) is 26.9. The molecule has 1 saturated heterocycles. The monoisotopic (exact) mass is 467 g/mol. The fourth-order valence-corrected chi connectivity index (χ4v) is 3.83. The van der Waals surface area contributed by atoms with Crippen LogP contribution in [-0.4, -0.2) is 23.4 Å². The van der Waals surface area contributed by atoms with Crippen LogP contribution < -0.4 is 9.64 Å². The average molecular weight is 467 g/mol. The number of anilines is 1. The molecule has 0 aliphatic carbocycles. The summed E-state index contributed by atoms with van der Waals surface area (Å²) in [7, 11) is 0. The lowest BCUT2D eigenvalue weighted by atomic mass is 9.95. The van der Waals surface area contributed by atoms with Crippen LogP contribution in [0.15, 0.2) is 72.3 Å². The lowest BCUT2D eigenvalue weighted by Crippen LogP contribution is -2.30. The minimum atomic E-state index is -1.28. The molecule has 3 aromatic carbocycles. The van der Waals surface area contributed by atoms with Gasteiger partial charge in [-0.1, -0.05) is 31.2 Å². The Morgan fingerprint density at radius 1 is 0.971 bits per heavy atom. The van der Waals surface area contributed by atoms with Crippen molar-refractivity contribution in [3.8, 4) is 5.75 Å². The van der Waals surface area contributed by atoms with Crippen LogP contribution in [0.25, 0.3) is 5.76 Å². The molecule has 0 radical (unpaired) electrons. The number of nitrogens with zero attached hydrogens (tertiary/aromatic N) is 1. The number of hydrogen-bond donors (Lipinski definition) is 1. The lowest BCUT2D eigenvalue weighted by molar-refractivity contribution is -0.132. The van der Waals surface area contributed by atoms with Gasteiger partial charge < -0.3 is 9.84 Å². The zero-order chi connectivity index (χ0) is 24.4. The van der Waals surface area contributed by atoms with E-state index in [-0.39, 0.29) is 22.4 Å². The Morgan fingerprint density at radius 2 is 1.68 bits per heavy atom. The Labute approximate surface area is 193 Å². The number of benzene rings is 3. The van der Waals surface area contributed by atoms with Gasteiger partial charge in [-0.2, -0.15) is 0 Å². The molecular weight excluding hydrogens is 447 g/mol. The molecule has 4 rings (SSSR count). The van der Waals surface area contributed by atoms with E-state index in [1.165, 1.54) is 24.3 Å². The van der Waals surface area contributed by atoms with Gasteiger partial charge in [-0.3, -0.25) is 14.5 Å². The number of carbonyl (C=O) groups excluding carboxylic acids is 2. The van der Waals surface area contributed by atoms with Crippen LogP contribution in [0.2, 0.25) is 0 Å². The SMILES string of the molecule is CCCOc1cccc(/C(O)=C2\C(=O)C(=O)N(c3ccc(F)cc3F)C2c2ccc(F)cc2)c1. The van der Waals surface area contributed by atoms with E-state index in [1.807, 2.05) is 6.92 Å².